The van der Waals surface area contributed by atoms with Gasteiger partial charge >= 0.3 is 0 Å². The van der Waals surface area contributed by atoms with Crippen molar-refractivity contribution in [3.63, 3.8) is 0 Å². The molecule has 0 saturated carbocycles. The van der Waals surface area contributed by atoms with E-state index >= 15 is 0 Å². The predicted octanol–water partition coefficient (Wildman–Crippen LogP) is 1.83. The number of carbonyl (C=O) groups excluding carboxylic acids is 1. The second-order valence-corrected chi connectivity index (χ2v) is 7.00. The highest BCUT2D eigenvalue weighted by molar-refractivity contribution is 6.06. The maximum atomic E-state index is 12.6. The maximum absolute atomic E-state index is 12.6. The highest BCUT2D eigenvalue weighted by Gasteiger charge is 2.25. The first-order valence-corrected chi connectivity index (χ1v) is 8.88. The first-order valence-electron chi connectivity index (χ1n) is 8.88. The van der Waals surface area contributed by atoms with Crippen LogP contribution in [-0.4, -0.2) is 45.5 Å². The van der Waals surface area contributed by atoms with Gasteiger partial charge in [0, 0.05) is 32.2 Å². The molecule has 25 heavy (non-hydrogen) atoms. The van der Waals surface area contributed by atoms with Gasteiger partial charge in [0.1, 0.15) is 17.5 Å². The quantitative estimate of drug-likeness (QED) is 0.913. The van der Waals surface area contributed by atoms with Crippen LogP contribution in [0.15, 0.2) is 15.5 Å². The summed E-state index contributed by atoms with van der Waals surface area (Å²) in [5.74, 6) is 0.140. The molecule has 2 atom stereocenters. The van der Waals surface area contributed by atoms with Gasteiger partial charge in [0.05, 0.1) is 5.56 Å². The molecule has 1 aliphatic rings. The number of carbonyl (C=O) groups is 1. The normalized spacial score (nSPS) is 21.6. The smallest absolute Gasteiger partial charge is 0.265 e. The van der Waals surface area contributed by atoms with E-state index in [1.165, 1.54) is 30.2 Å². The second kappa shape index (κ2) is 7.00. The zero-order chi connectivity index (χ0) is 18.1. The molecule has 3 heterocycles. The van der Waals surface area contributed by atoms with Gasteiger partial charge in [0.2, 0.25) is 5.71 Å². The average Bonchev–Trinajstić information content (AvgIpc) is 2.90. The first-order chi connectivity index (χ1) is 11.9. The summed E-state index contributed by atoms with van der Waals surface area (Å²) in [4.78, 5) is 31.5. The van der Waals surface area contributed by atoms with Crippen molar-refractivity contribution in [1.82, 2.24) is 19.8 Å². The lowest BCUT2D eigenvalue weighted by atomic mass is 9.98. The molecular weight excluding hydrogens is 320 g/mol. The van der Waals surface area contributed by atoms with Gasteiger partial charge in [0.25, 0.3) is 11.5 Å². The Labute approximate surface area is 147 Å². The van der Waals surface area contributed by atoms with E-state index in [4.69, 9.17) is 4.42 Å². The lowest BCUT2D eigenvalue weighted by Gasteiger charge is -2.39. The molecule has 0 aromatic carbocycles. The summed E-state index contributed by atoms with van der Waals surface area (Å²) in [6, 6.07) is 1.07. The van der Waals surface area contributed by atoms with Gasteiger partial charge in [0.15, 0.2) is 0 Å². The standard InChI is InChI=1S/C18H26N4O3/c1-11-6-5-7-12(2)22(11)9-8-19-16(23)14-13(3)25-17-15(14)18(24)21(4)10-20-17/h10-12H,5-9H2,1-4H3,(H,19,23)/t11-,12+. The van der Waals surface area contributed by atoms with Crippen LogP contribution in [0.1, 0.15) is 49.2 Å². The Morgan fingerprint density at radius 3 is 2.72 bits per heavy atom. The van der Waals surface area contributed by atoms with Gasteiger partial charge in [-0.3, -0.25) is 14.5 Å². The van der Waals surface area contributed by atoms with E-state index in [1.807, 2.05) is 0 Å². The molecule has 2 aromatic heterocycles. The molecule has 1 N–H and O–H groups in total. The average molecular weight is 346 g/mol. The fraction of sp³-hybridized carbons (Fsp3) is 0.611. The lowest BCUT2D eigenvalue weighted by molar-refractivity contribution is 0.0889. The van der Waals surface area contributed by atoms with Crippen LogP contribution in [0.5, 0.6) is 0 Å². The Morgan fingerprint density at radius 1 is 1.36 bits per heavy atom. The number of aryl methyl sites for hydroxylation is 2. The van der Waals surface area contributed by atoms with Crippen LogP contribution < -0.4 is 10.9 Å². The van der Waals surface area contributed by atoms with Crippen LogP contribution in [0, 0.1) is 6.92 Å². The molecule has 0 radical (unpaired) electrons. The number of amides is 1. The van der Waals surface area contributed by atoms with Crippen LogP contribution in [0.4, 0.5) is 0 Å². The van der Waals surface area contributed by atoms with Crippen LogP contribution in [0.3, 0.4) is 0 Å². The molecule has 3 rings (SSSR count). The van der Waals surface area contributed by atoms with Crippen molar-refractivity contribution in [2.75, 3.05) is 13.1 Å². The van der Waals surface area contributed by atoms with E-state index in [-0.39, 0.29) is 22.6 Å². The van der Waals surface area contributed by atoms with Crippen LogP contribution in [0.2, 0.25) is 0 Å². The summed E-state index contributed by atoms with van der Waals surface area (Å²) < 4.78 is 6.84. The molecule has 7 heteroatoms. The van der Waals surface area contributed by atoms with Crippen molar-refractivity contribution in [1.29, 1.82) is 0 Å². The molecule has 7 nitrogen and oxygen atoms in total. The highest BCUT2D eigenvalue weighted by Crippen LogP contribution is 2.22. The Balaban J connectivity index is 1.74. The monoisotopic (exact) mass is 346 g/mol. The second-order valence-electron chi connectivity index (χ2n) is 7.00. The fourth-order valence-corrected chi connectivity index (χ4v) is 3.76. The topological polar surface area (TPSA) is 80.4 Å². The summed E-state index contributed by atoms with van der Waals surface area (Å²) in [5, 5.41) is 3.19. The van der Waals surface area contributed by atoms with E-state index in [1.54, 1.807) is 14.0 Å². The van der Waals surface area contributed by atoms with Crippen molar-refractivity contribution < 1.29 is 9.21 Å². The van der Waals surface area contributed by atoms with Crippen molar-refractivity contribution in [2.45, 2.75) is 52.1 Å². The maximum Gasteiger partial charge on any atom is 0.265 e. The molecule has 0 spiro atoms. The van der Waals surface area contributed by atoms with Crippen molar-refractivity contribution in [3.05, 3.63) is 28.0 Å². The number of rotatable bonds is 4. The minimum atomic E-state index is -0.279. The number of hydrogen-bond acceptors (Lipinski definition) is 5. The van der Waals surface area contributed by atoms with Crippen molar-refractivity contribution in [3.8, 4) is 0 Å². The minimum absolute atomic E-state index is 0.212. The molecule has 0 aliphatic carbocycles. The summed E-state index contributed by atoms with van der Waals surface area (Å²) in [5.41, 5.74) is 0.234. The van der Waals surface area contributed by atoms with Crippen LogP contribution in [-0.2, 0) is 7.05 Å². The number of nitrogens with one attached hydrogen (secondary N) is 1. The predicted molar refractivity (Wildman–Crippen MR) is 95.8 cm³/mol. The van der Waals surface area contributed by atoms with Crippen molar-refractivity contribution >= 4 is 17.0 Å². The Bertz CT molecular complexity index is 829. The molecule has 0 unspecified atom stereocenters. The molecular formula is C18H26N4O3. The number of hydrogen-bond donors (Lipinski definition) is 1. The van der Waals surface area contributed by atoms with Gasteiger partial charge in [-0.25, -0.2) is 4.98 Å². The fourth-order valence-electron chi connectivity index (χ4n) is 3.76. The van der Waals surface area contributed by atoms with E-state index in [9.17, 15) is 9.59 Å². The number of likely N-dealkylation sites (tertiary alicyclic amines) is 1. The zero-order valence-corrected chi connectivity index (χ0v) is 15.3. The van der Waals surface area contributed by atoms with Crippen LogP contribution in [0.25, 0.3) is 11.1 Å². The Morgan fingerprint density at radius 2 is 2.04 bits per heavy atom. The van der Waals surface area contributed by atoms with Gasteiger partial charge < -0.3 is 14.3 Å². The summed E-state index contributed by atoms with van der Waals surface area (Å²) in [7, 11) is 1.61. The minimum Gasteiger partial charge on any atom is -0.442 e. The van der Waals surface area contributed by atoms with E-state index in [2.05, 4.69) is 29.0 Å². The number of nitrogens with zero attached hydrogens (tertiary/aromatic N) is 3. The molecule has 136 valence electrons. The molecule has 1 saturated heterocycles. The number of aromatic nitrogens is 2. The molecule has 1 aliphatic heterocycles. The van der Waals surface area contributed by atoms with Crippen LogP contribution >= 0.6 is 0 Å². The molecule has 2 aromatic rings. The third kappa shape index (κ3) is 3.33. The number of furan rings is 1. The van der Waals surface area contributed by atoms with Crippen molar-refractivity contribution in [2.24, 2.45) is 7.05 Å². The Kier molecular flexibility index (Phi) is 4.94. The first kappa shape index (κ1) is 17.7. The molecule has 0 bridgehead atoms. The SMILES string of the molecule is Cc1oc2ncn(C)c(=O)c2c1C(=O)NCCN1[C@H](C)CCC[C@@H]1C. The van der Waals surface area contributed by atoms with E-state index < -0.39 is 0 Å². The Hall–Kier alpha value is -2.15. The van der Waals surface area contributed by atoms with Gasteiger partial charge in [-0.05, 0) is 33.6 Å². The highest BCUT2D eigenvalue weighted by atomic mass is 16.3. The van der Waals surface area contributed by atoms with E-state index in [0.717, 1.165) is 6.54 Å². The van der Waals surface area contributed by atoms with E-state index in [0.29, 0.717) is 30.0 Å². The third-order valence-electron chi connectivity index (χ3n) is 5.21. The van der Waals surface area contributed by atoms with Gasteiger partial charge in [-0.1, -0.05) is 6.42 Å². The summed E-state index contributed by atoms with van der Waals surface area (Å²) in [6.07, 6.45) is 5.06. The summed E-state index contributed by atoms with van der Waals surface area (Å²) in [6.45, 7) is 7.51. The summed E-state index contributed by atoms with van der Waals surface area (Å²) >= 11 is 0. The largest absolute Gasteiger partial charge is 0.442 e. The number of piperidine rings is 1. The molecule has 1 fully saturated rings. The third-order valence-corrected chi connectivity index (χ3v) is 5.21. The zero-order valence-electron chi connectivity index (χ0n) is 15.3. The lowest BCUT2D eigenvalue weighted by Crippen LogP contribution is -2.47. The van der Waals surface area contributed by atoms with Gasteiger partial charge in [-0.15, -0.1) is 0 Å². The van der Waals surface area contributed by atoms with Gasteiger partial charge in [-0.2, -0.15) is 0 Å². The molecule has 1 amide bonds. The number of fused-ring (bicyclic) bond motifs is 1.